The topological polar surface area (TPSA) is 72.5 Å². The number of rotatable bonds is 7. The first-order chi connectivity index (χ1) is 12.8. The maximum atomic E-state index is 11.8. The number of pyridine rings is 1. The number of carbonyl (C=O) groups is 1. The Labute approximate surface area is 152 Å². The molecule has 0 aliphatic rings. The van der Waals surface area contributed by atoms with Crippen LogP contribution in [-0.4, -0.2) is 31.3 Å². The maximum absolute atomic E-state index is 11.8. The summed E-state index contributed by atoms with van der Waals surface area (Å²) in [4.78, 5) is 16.2. The summed E-state index contributed by atoms with van der Waals surface area (Å²) in [6.07, 6.45) is 1.74. The number of nitrogens with zero attached hydrogens (tertiary/aromatic N) is 1. The molecule has 2 N–H and O–H groups in total. The lowest BCUT2D eigenvalue weighted by molar-refractivity contribution is 0.236. The van der Waals surface area contributed by atoms with Gasteiger partial charge in [-0.25, -0.2) is 4.79 Å². The number of nitrogens with one attached hydrogen (secondary N) is 2. The molecule has 2 aromatic carbocycles. The van der Waals surface area contributed by atoms with E-state index in [9.17, 15) is 4.79 Å². The fraction of sp³-hybridized carbons (Fsp3) is 0.200. The fourth-order valence-electron chi connectivity index (χ4n) is 2.51. The van der Waals surface area contributed by atoms with Crippen LogP contribution in [-0.2, 0) is 6.54 Å². The highest BCUT2D eigenvalue weighted by atomic mass is 16.5. The molecule has 6 nitrogen and oxygen atoms in total. The number of carbonyl (C=O) groups excluding carboxylic acids is 1. The van der Waals surface area contributed by atoms with Crippen molar-refractivity contribution in [2.45, 2.75) is 6.54 Å². The molecule has 0 unspecified atom stereocenters. The van der Waals surface area contributed by atoms with Crippen molar-refractivity contribution in [1.29, 1.82) is 0 Å². The molecule has 2 amide bonds. The van der Waals surface area contributed by atoms with Gasteiger partial charge in [-0.05, 0) is 29.8 Å². The van der Waals surface area contributed by atoms with Crippen molar-refractivity contribution >= 4 is 16.9 Å². The molecule has 0 saturated heterocycles. The Kier molecular flexibility index (Phi) is 5.88. The smallest absolute Gasteiger partial charge is 0.315 e. The van der Waals surface area contributed by atoms with E-state index < -0.39 is 0 Å². The molecular formula is C20H21N3O3. The van der Waals surface area contributed by atoms with E-state index in [1.807, 2.05) is 54.6 Å². The average molecular weight is 351 g/mol. The number of urea groups is 1. The van der Waals surface area contributed by atoms with E-state index in [4.69, 9.17) is 9.47 Å². The second kappa shape index (κ2) is 8.71. The van der Waals surface area contributed by atoms with E-state index in [0.29, 0.717) is 25.4 Å². The van der Waals surface area contributed by atoms with Gasteiger partial charge in [0.1, 0.15) is 23.6 Å². The van der Waals surface area contributed by atoms with E-state index in [2.05, 4.69) is 15.6 Å². The summed E-state index contributed by atoms with van der Waals surface area (Å²) in [5, 5.41) is 6.60. The molecule has 0 aliphatic heterocycles. The first-order valence-electron chi connectivity index (χ1n) is 8.37. The van der Waals surface area contributed by atoms with Crippen LogP contribution in [0.15, 0.2) is 60.8 Å². The van der Waals surface area contributed by atoms with E-state index in [0.717, 1.165) is 22.2 Å². The van der Waals surface area contributed by atoms with Crippen molar-refractivity contribution in [3.63, 3.8) is 0 Å². The van der Waals surface area contributed by atoms with E-state index in [1.165, 1.54) is 0 Å². The lowest BCUT2D eigenvalue weighted by Crippen LogP contribution is -2.37. The van der Waals surface area contributed by atoms with Crippen LogP contribution in [0.3, 0.4) is 0 Å². The van der Waals surface area contributed by atoms with Gasteiger partial charge in [-0.15, -0.1) is 0 Å². The van der Waals surface area contributed by atoms with Gasteiger partial charge < -0.3 is 20.1 Å². The zero-order chi connectivity index (χ0) is 18.2. The number of para-hydroxylation sites is 1. The number of hydrogen-bond acceptors (Lipinski definition) is 4. The summed E-state index contributed by atoms with van der Waals surface area (Å²) in [5.74, 6) is 1.50. The van der Waals surface area contributed by atoms with Gasteiger partial charge in [0.15, 0.2) is 0 Å². The van der Waals surface area contributed by atoms with Gasteiger partial charge in [-0.3, -0.25) is 4.98 Å². The molecule has 26 heavy (non-hydrogen) atoms. The lowest BCUT2D eigenvalue weighted by atomic mass is 10.2. The van der Waals surface area contributed by atoms with Crippen molar-refractivity contribution in [3.05, 3.63) is 66.4 Å². The molecule has 0 radical (unpaired) electrons. The molecule has 0 saturated carbocycles. The van der Waals surface area contributed by atoms with Crippen molar-refractivity contribution < 1.29 is 14.3 Å². The Balaban J connectivity index is 1.40. The van der Waals surface area contributed by atoms with Crippen LogP contribution in [0.25, 0.3) is 10.9 Å². The zero-order valence-corrected chi connectivity index (χ0v) is 14.6. The van der Waals surface area contributed by atoms with Crippen LogP contribution < -0.4 is 20.1 Å². The van der Waals surface area contributed by atoms with Gasteiger partial charge in [0.05, 0.1) is 13.7 Å². The Morgan fingerprint density at radius 2 is 1.85 bits per heavy atom. The second-order valence-corrected chi connectivity index (χ2v) is 5.64. The first-order valence-corrected chi connectivity index (χ1v) is 8.37. The number of benzene rings is 2. The number of methoxy groups -OCH3 is 1. The monoisotopic (exact) mass is 351 g/mol. The van der Waals surface area contributed by atoms with E-state index >= 15 is 0 Å². The largest absolute Gasteiger partial charge is 0.497 e. The maximum Gasteiger partial charge on any atom is 0.315 e. The van der Waals surface area contributed by atoms with Crippen LogP contribution in [0.4, 0.5) is 4.79 Å². The van der Waals surface area contributed by atoms with E-state index in [1.54, 1.807) is 13.3 Å². The van der Waals surface area contributed by atoms with Crippen molar-refractivity contribution in [2.75, 3.05) is 20.3 Å². The highest BCUT2D eigenvalue weighted by Gasteiger charge is 2.04. The quantitative estimate of drug-likeness (QED) is 0.642. The zero-order valence-electron chi connectivity index (χ0n) is 14.6. The highest BCUT2D eigenvalue weighted by molar-refractivity contribution is 5.84. The van der Waals surface area contributed by atoms with Crippen molar-refractivity contribution in [1.82, 2.24) is 15.6 Å². The Hall–Kier alpha value is -3.28. The summed E-state index contributed by atoms with van der Waals surface area (Å²) in [7, 11) is 1.62. The van der Waals surface area contributed by atoms with Gasteiger partial charge in [0.25, 0.3) is 0 Å². The number of aromatic nitrogens is 1. The van der Waals surface area contributed by atoms with Crippen molar-refractivity contribution in [3.8, 4) is 11.5 Å². The minimum absolute atomic E-state index is 0.236. The molecule has 0 atom stereocenters. The molecule has 0 aliphatic carbocycles. The lowest BCUT2D eigenvalue weighted by Gasteiger charge is -2.10. The molecule has 1 heterocycles. The molecule has 0 bridgehead atoms. The number of ether oxygens (including phenoxy) is 2. The van der Waals surface area contributed by atoms with Gasteiger partial charge in [0.2, 0.25) is 0 Å². The predicted molar refractivity (Wildman–Crippen MR) is 100 cm³/mol. The summed E-state index contributed by atoms with van der Waals surface area (Å²) in [6, 6.07) is 17.0. The predicted octanol–water partition coefficient (Wildman–Crippen LogP) is 3.12. The van der Waals surface area contributed by atoms with Gasteiger partial charge in [-0.2, -0.15) is 0 Å². The molecular weight excluding hydrogens is 330 g/mol. The third-order valence-electron chi connectivity index (χ3n) is 3.85. The van der Waals surface area contributed by atoms with Crippen LogP contribution in [0, 0.1) is 0 Å². The fourth-order valence-corrected chi connectivity index (χ4v) is 2.51. The standard InChI is InChI=1S/C20H21N3O3/c1-25-17-9-7-15(8-10-17)14-23-20(24)22-12-13-26-18-6-2-4-16-5-3-11-21-19(16)18/h2-11H,12-14H2,1H3,(H2,22,23,24). The van der Waals surface area contributed by atoms with Gasteiger partial charge in [-0.1, -0.05) is 30.3 Å². The summed E-state index contributed by atoms with van der Waals surface area (Å²) in [5.41, 5.74) is 1.82. The van der Waals surface area contributed by atoms with Crippen molar-refractivity contribution in [2.24, 2.45) is 0 Å². The normalized spacial score (nSPS) is 10.3. The first kappa shape index (κ1) is 17.5. The molecule has 6 heteroatoms. The second-order valence-electron chi connectivity index (χ2n) is 5.64. The number of fused-ring (bicyclic) bond motifs is 1. The van der Waals surface area contributed by atoms with Gasteiger partial charge >= 0.3 is 6.03 Å². The van der Waals surface area contributed by atoms with Gasteiger partial charge in [0, 0.05) is 18.1 Å². The van der Waals surface area contributed by atoms with E-state index in [-0.39, 0.29) is 6.03 Å². The Morgan fingerprint density at radius 3 is 2.65 bits per heavy atom. The summed E-state index contributed by atoms with van der Waals surface area (Å²) in [6.45, 7) is 1.22. The summed E-state index contributed by atoms with van der Waals surface area (Å²) < 4.78 is 10.8. The third-order valence-corrected chi connectivity index (χ3v) is 3.85. The van der Waals surface area contributed by atoms with Crippen LogP contribution >= 0.6 is 0 Å². The number of hydrogen-bond donors (Lipinski definition) is 2. The minimum atomic E-state index is -0.236. The molecule has 0 spiro atoms. The Morgan fingerprint density at radius 1 is 1.04 bits per heavy atom. The highest BCUT2D eigenvalue weighted by Crippen LogP contribution is 2.22. The third kappa shape index (κ3) is 4.63. The minimum Gasteiger partial charge on any atom is -0.497 e. The molecule has 1 aromatic heterocycles. The SMILES string of the molecule is COc1ccc(CNC(=O)NCCOc2cccc3cccnc23)cc1. The molecule has 134 valence electrons. The molecule has 3 rings (SSSR count). The van der Waals surface area contributed by atoms with Crippen LogP contribution in [0.5, 0.6) is 11.5 Å². The average Bonchev–Trinajstić information content (AvgIpc) is 2.70. The number of amides is 2. The van der Waals surface area contributed by atoms with Crippen LogP contribution in [0.1, 0.15) is 5.56 Å². The molecule has 3 aromatic rings. The Bertz CT molecular complexity index is 860. The summed E-state index contributed by atoms with van der Waals surface area (Å²) >= 11 is 0. The molecule has 0 fully saturated rings. The van der Waals surface area contributed by atoms with Crippen LogP contribution in [0.2, 0.25) is 0 Å².